The van der Waals surface area contributed by atoms with Gasteiger partial charge in [0.2, 0.25) is 0 Å². The Bertz CT molecular complexity index is 789. The lowest BCUT2D eigenvalue weighted by Crippen LogP contribution is -2.01. The number of aromatic nitrogens is 2. The molecule has 0 saturated heterocycles. The summed E-state index contributed by atoms with van der Waals surface area (Å²) in [6.45, 7) is 0. The molecular formula is C15H11N3O. The minimum Gasteiger partial charge on any atom is -0.461 e. The first-order valence-electron chi connectivity index (χ1n) is 6.26. The molecule has 0 unspecified atom stereocenters. The van der Waals surface area contributed by atoms with Gasteiger partial charge in [-0.15, -0.1) is 0 Å². The minimum absolute atomic E-state index is 0.260. The van der Waals surface area contributed by atoms with E-state index in [2.05, 4.69) is 16.0 Å². The molecule has 0 bridgehead atoms. The summed E-state index contributed by atoms with van der Waals surface area (Å²) in [5.41, 5.74) is 2.66. The maximum Gasteiger partial charge on any atom is 0.174 e. The lowest BCUT2D eigenvalue weighted by molar-refractivity contribution is 0.578. The third-order valence-corrected chi connectivity index (χ3v) is 3.75. The van der Waals surface area contributed by atoms with Crippen LogP contribution >= 0.6 is 0 Å². The molecule has 1 aliphatic rings. The van der Waals surface area contributed by atoms with Crippen LogP contribution in [0.25, 0.3) is 22.6 Å². The van der Waals surface area contributed by atoms with Crippen molar-refractivity contribution in [2.24, 2.45) is 0 Å². The van der Waals surface area contributed by atoms with Crippen LogP contribution in [0.1, 0.15) is 18.4 Å². The molecule has 1 N–H and O–H groups in total. The maximum atomic E-state index is 9.25. The van der Waals surface area contributed by atoms with E-state index in [-0.39, 0.29) is 5.41 Å². The molecular weight excluding hydrogens is 238 g/mol. The summed E-state index contributed by atoms with van der Waals surface area (Å²) in [5.74, 6) is 1.44. The van der Waals surface area contributed by atoms with Gasteiger partial charge in [-0.25, -0.2) is 4.98 Å². The van der Waals surface area contributed by atoms with Crippen LogP contribution in [0.3, 0.4) is 0 Å². The SMILES string of the molecule is N#CC1(c2ccc3nc(-c4ccco4)[nH]c3c2)CC1. The first-order chi connectivity index (χ1) is 9.31. The monoisotopic (exact) mass is 249 g/mol. The predicted octanol–water partition coefficient (Wildman–Crippen LogP) is 3.38. The molecule has 3 aromatic rings. The number of fused-ring (bicyclic) bond motifs is 1. The minimum atomic E-state index is -0.260. The van der Waals surface area contributed by atoms with Gasteiger partial charge in [0.05, 0.1) is 28.8 Å². The molecule has 0 spiro atoms. The van der Waals surface area contributed by atoms with Crippen LogP contribution in [0.15, 0.2) is 41.0 Å². The summed E-state index contributed by atoms with van der Waals surface area (Å²) in [7, 11) is 0. The van der Waals surface area contributed by atoms with E-state index < -0.39 is 0 Å². The van der Waals surface area contributed by atoms with E-state index in [1.807, 2.05) is 30.3 Å². The molecule has 1 fully saturated rings. The van der Waals surface area contributed by atoms with Crippen molar-refractivity contribution in [3.63, 3.8) is 0 Å². The lowest BCUT2D eigenvalue weighted by Gasteiger charge is -2.04. The molecule has 0 aliphatic heterocycles. The zero-order valence-corrected chi connectivity index (χ0v) is 10.2. The highest BCUT2D eigenvalue weighted by Crippen LogP contribution is 2.47. The van der Waals surface area contributed by atoms with Crippen LogP contribution in [0.2, 0.25) is 0 Å². The number of hydrogen-bond acceptors (Lipinski definition) is 3. The molecule has 2 heterocycles. The average Bonchev–Trinajstić information content (AvgIpc) is 2.89. The second-order valence-corrected chi connectivity index (χ2v) is 4.99. The molecule has 2 aromatic heterocycles. The van der Waals surface area contributed by atoms with Crippen molar-refractivity contribution < 1.29 is 4.42 Å². The molecule has 19 heavy (non-hydrogen) atoms. The fraction of sp³-hybridized carbons (Fsp3) is 0.200. The quantitative estimate of drug-likeness (QED) is 0.757. The van der Waals surface area contributed by atoms with Crippen LogP contribution in [-0.4, -0.2) is 9.97 Å². The van der Waals surface area contributed by atoms with Crippen LogP contribution in [0.5, 0.6) is 0 Å². The van der Waals surface area contributed by atoms with Crippen LogP contribution in [0, 0.1) is 11.3 Å². The standard InChI is InChI=1S/C15H11N3O/c16-9-15(5-6-15)10-3-4-11-12(8-10)18-14(17-11)13-2-1-7-19-13/h1-4,7-8H,5-6H2,(H,17,18). The van der Waals surface area contributed by atoms with Crippen molar-refractivity contribution in [1.82, 2.24) is 9.97 Å². The molecule has 1 saturated carbocycles. The zero-order valence-electron chi connectivity index (χ0n) is 10.2. The van der Waals surface area contributed by atoms with E-state index in [1.54, 1.807) is 6.26 Å². The number of benzene rings is 1. The predicted molar refractivity (Wildman–Crippen MR) is 70.3 cm³/mol. The van der Waals surface area contributed by atoms with E-state index in [0.717, 1.165) is 41.0 Å². The number of nitriles is 1. The van der Waals surface area contributed by atoms with Gasteiger partial charge in [0.25, 0.3) is 0 Å². The fourth-order valence-corrected chi connectivity index (χ4v) is 2.43. The molecule has 4 nitrogen and oxygen atoms in total. The Morgan fingerprint density at radius 1 is 1.32 bits per heavy atom. The van der Waals surface area contributed by atoms with Gasteiger partial charge in [-0.2, -0.15) is 5.26 Å². The smallest absolute Gasteiger partial charge is 0.174 e. The van der Waals surface area contributed by atoms with Crippen molar-refractivity contribution in [3.8, 4) is 17.7 Å². The Labute approximate surface area is 109 Å². The van der Waals surface area contributed by atoms with Gasteiger partial charge in [-0.05, 0) is 42.7 Å². The van der Waals surface area contributed by atoms with Gasteiger partial charge in [-0.3, -0.25) is 0 Å². The van der Waals surface area contributed by atoms with Gasteiger partial charge in [0.15, 0.2) is 11.6 Å². The summed E-state index contributed by atoms with van der Waals surface area (Å²) in [5, 5.41) is 9.25. The van der Waals surface area contributed by atoms with Gasteiger partial charge in [0.1, 0.15) is 0 Å². The van der Waals surface area contributed by atoms with Gasteiger partial charge in [-0.1, -0.05) is 6.07 Å². The lowest BCUT2D eigenvalue weighted by atomic mass is 9.97. The molecule has 4 rings (SSSR count). The second kappa shape index (κ2) is 3.48. The normalized spacial score (nSPS) is 16.4. The Morgan fingerprint density at radius 3 is 2.89 bits per heavy atom. The highest BCUT2D eigenvalue weighted by atomic mass is 16.3. The van der Waals surface area contributed by atoms with Crippen molar-refractivity contribution in [2.75, 3.05) is 0 Å². The summed E-state index contributed by atoms with van der Waals surface area (Å²) in [4.78, 5) is 7.74. The van der Waals surface area contributed by atoms with Crippen molar-refractivity contribution in [3.05, 3.63) is 42.2 Å². The summed E-state index contributed by atoms with van der Waals surface area (Å²) >= 11 is 0. The Morgan fingerprint density at radius 2 is 2.21 bits per heavy atom. The summed E-state index contributed by atoms with van der Waals surface area (Å²) in [6, 6.07) is 12.1. The van der Waals surface area contributed by atoms with E-state index in [0.29, 0.717) is 0 Å². The Kier molecular flexibility index (Phi) is 1.91. The average molecular weight is 249 g/mol. The van der Waals surface area contributed by atoms with Crippen molar-refractivity contribution >= 4 is 11.0 Å². The summed E-state index contributed by atoms with van der Waals surface area (Å²) in [6.07, 6.45) is 3.53. The molecule has 92 valence electrons. The molecule has 1 aromatic carbocycles. The summed E-state index contributed by atoms with van der Waals surface area (Å²) < 4.78 is 5.33. The number of aromatic amines is 1. The molecule has 0 radical (unpaired) electrons. The molecule has 1 aliphatic carbocycles. The third kappa shape index (κ3) is 1.48. The van der Waals surface area contributed by atoms with Crippen molar-refractivity contribution in [2.45, 2.75) is 18.3 Å². The number of rotatable bonds is 2. The van der Waals surface area contributed by atoms with Crippen LogP contribution < -0.4 is 0 Å². The number of H-pyrrole nitrogens is 1. The topological polar surface area (TPSA) is 65.6 Å². The number of nitrogens with zero attached hydrogens (tertiary/aromatic N) is 2. The number of nitrogens with one attached hydrogen (secondary N) is 1. The molecule has 4 heteroatoms. The number of furan rings is 1. The van der Waals surface area contributed by atoms with E-state index in [1.165, 1.54) is 0 Å². The highest BCUT2D eigenvalue weighted by molar-refractivity contribution is 5.79. The largest absolute Gasteiger partial charge is 0.461 e. The maximum absolute atomic E-state index is 9.25. The fourth-order valence-electron chi connectivity index (χ4n) is 2.43. The number of imidazole rings is 1. The van der Waals surface area contributed by atoms with E-state index in [9.17, 15) is 5.26 Å². The van der Waals surface area contributed by atoms with Gasteiger partial charge >= 0.3 is 0 Å². The second-order valence-electron chi connectivity index (χ2n) is 4.99. The van der Waals surface area contributed by atoms with Crippen LogP contribution in [-0.2, 0) is 5.41 Å². The van der Waals surface area contributed by atoms with Crippen molar-refractivity contribution in [1.29, 1.82) is 5.26 Å². The molecule has 0 atom stereocenters. The highest BCUT2D eigenvalue weighted by Gasteiger charge is 2.44. The first kappa shape index (κ1) is 10.4. The first-order valence-corrected chi connectivity index (χ1v) is 6.26. The Balaban J connectivity index is 1.85. The van der Waals surface area contributed by atoms with E-state index >= 15 is 0 Å². The Hall–Kier alpha value is -2.54. The van der Waals surface area contributed by atoms with Gasteiger partial charge in [0, 0.05) is 0 Å². The zero-order chi connectivity index (χ0) is 12.9. The van der Waals surface area contributed by atoms with E-state index in [4.69, 9.17) is 4.42 Å². The van der Waals surface area contributed by atoms with Crippen LogP contribution in [0.4, 0.5) is 0 Å². The van der Waals surface area contributed by atoms with Gasteiger partial charge < -0.3 is 9.40 Å². The third-order valence-electron chi connectivity index (χ3n) is 3.75. The molecule has 0 amide bonds. The number of hydrogen-bond donors (Lipinski definition) is 1.